The minimum Gasteiger partial charge on any atom is -0.377 e. The maximum atomic E-state index is 12.8. The van der Waals surface area contributed by atoms with Crippen LogP contribution in [0.15, 0.2) is 24.3 Å². The first-order valence-corrected chi connectivity index (χ1v) is 5.92. The van der Waals surface area contributed by atoms with Crippen molar-refractivity contribution in [2.75, 3.05) is 25.1 Å². The Balaban J connectivity index is 2.63. The summed E-state index contributed by atoms with van der Waals surface area (Å²) in [5, 5.41) is 0. The lowest BCUT2D eigenvalue weighted by Gasteiger charge is -2.21. The smallest absolute Gasteiger partial charge is 0.229 e. The van der Waals surface area contributed by atoms with Gasteiger partial charge in [-0.15, -0.1) is 0 Å². The van der Waals surface area contributed by atoms with Crippen LogP contribution in [0.25, 0.3) is 0 Å². The minimum atomic E-state index is -0.325. The van der Waals surface area contributed by atoms with Crippen molar-refractivity contribution in [1.82, 2.24) is 0 Å². The summed E-state index contributed by atoms with van der Waals surface area (Å²) in [5.41, 5.74) is 6.17. The van der Waals surface area contributed by atoms with Crippen molar-refractivity contribution in [2.24, 2.45) is 5.73 Å². The molecule has 0 bridgehead atoms. The molecule has 1 atom stereocenters. The molecule has 1 aromatic carbocycles. The van der Waals surface area contributed by atoms with E-state index in [1.54, 1.807) is 19.2 Å². The van der Waals surface area contributed by atoms with Crippen molar-refractivity contribution in [1.29, 1.82) is 0 Å². The van der Waals surface area contributed by atoms with E-state index in [9.17, 15) is 9.18 Å². The molecule has 0 heterocycles. The molecule has 100 valence electrons. The fourth-order valence-corrected chi connectivity index (χ4v) is 1.59. The second kappa shape index (κ2) is 7.08. The molecule has 4 nitrogen and oxygen atoms in total. The molecule has 5 heteroatoms. The van der Waals surface area contributed by atoms with Crippen molar-refractivity contribution >= 4 is 11.6 Å². The van der Waals surface area contributed by atoms with Crippen LogP contribution in [0.3, 0.4) is 0 Å². The highest BCUT2D eigenvalue weighted by Gasteiger charge is 2.17. The SMILES string of the molecule is CCOC(CN)CC(=O)N(C)c1ccc(F)cc1. The fraction of sp³-hybridized carbons (Fsp3) is 0.462. The number of hydrogen-bond donors (Lipinski definition) is 1. The van der Waals surface area contributed by atoms with Gasteiger partial charge in [0.15, 0.2) is 0 Å². The summed E-state index contributed by atoms with van der Waals surface area (Å²) in [6.45, 7) is 2.68. The molecule has 0 aromatic heterocycles. The van der Waals surface area contributed by atoms with E-state index in [0.717, 1.165) is 0 Å². The van der Waals surface area contributed by atoms with Crippen LogP contribution in [0.1, 0.15) is 13.3 Å². The van der Waals surface area contributed by atoms with E-state index in [4.69, 9.17) is 10.5 Å². The van der Waals surface area contributed by atoms with Crippen molar-refractivity contribution < 1.29 is 13.9 Å². The molecule has 0 saturated heterocycles. The van der Waals surface area contributed by atoms with E-state index >= 15 is 0 Å². The first-order chi connectivity index (χ1) is 8.58. The lowest BCUT2D eigenvalue weighted by Crippen LogP contribution is -2.34. The Morgan fingerprint density at radius 2 is 2.06 bits per heavy atom. The Morgan fingerprint density at radius 3 is 2.56 bits per heavy atom. The molecule has 1 aromatic rings. The van der Waals surface area contributed by atoms with Gasteiger partial charge in [-0.25, -0.2) is 4.39 Å². The number of carbonyl (C=O) groups is 1. The molecule has 0 radical (unpaired) electrons. The molecule has 1 rings (SSSR count). The zero-order chi connectivity index (χ0) is 13.5. The monoisotopic (exact) mass is 254 g/mol. The Morgan fingerprint density at radius 1 is 1.44 bits per heavy atom. The van der Waals surface area contributed by atoms with Crippen LogP contribution in [0.5, 0.6) is 0 Å². The van der Waals surface area contributed by atoms with Crippen LogP contribution < -0.4 is 10.6 Å². The van der Waals surface area contributed by atoms with Crippen LogP contribution in [-0.2, 0) is 9.53 Å². The van der Waals surface area contributed by atoms with Gasteiger partial charge in [0.05, 0.1) is 12.5 Å². The van der Waals surface area contributed by atoms with Crippen molar-refractivity contribution in [3.05, 3.63) is 30.1 Å². The molecule has 1 unspecified atom stereocenters. The summed E-state index contributed by atoms with van der Waals surface area (Å²) >= 11 is 0. The lowest BCUT2D eigenvalue weighted by molar-refractivity contribution is -0.120. The van der Waals surface area contributed by atoms with Gasteiger partial charge in [0, 0.05) is 25.9 Å². The topological polar surface area (TPSA) is 55.6 Å². The molecule has 0 aliphatic heterocycles. The minimum absolute atomic E-state index is 0.106. The molecule has 18 heavy (non-hydrogen) atoms. The number of nitrogens with zero attached hydrogens (tertiary/aromatic N) is 1. The summed E-state index contributed by atoms with van der Waals surface area (Å²) in [5.74, 6) is -0.431. The zero-order valence-electron chi connectivity index (χ0n) is 10.7. The lowest BCUT2D eigenvalue weighted by atomic mass is 10.2. The Hall–Kier alpha value is -1.46. The van der Waals surface area contributed by atoms with Gasteiger partial charge in [-0.1, -0.05) is 0 Å². The number of benzene rings is 1. The number of anilines is 1. The van der Waals surface area contributed by atoms with Gasteiger partial charge in [0.1, 0.15) is 5.82 Å². The number of nitrogens with two attached hydrogens (primary N) is 1. The molecule has 2 N–H and O–H groups in total. The Kier molecular flexibility index (Phi) is 5.74. The summed E-state index contributed by atoms with van der Waals surface area (Å²) in [6.07, 6.45) is -0.0523. The highest BCUT2D eigenvalue weighted by molar-refractivity contribution is 5.93. The quantitative estimate of drug-likeness (QED) is 0.837. The maximum Gasteiger partial charge on any atom is 0.229 e. The first-order valence-electron chi connectivity index (χ1n) is 5.92. The van der Waals surface area contributed by atoms with Gasteiger partial charge in [0.25, 0.3) is 0 Å². The molecule has 0 fully saturated rings. The third-order valence-electron chi connectivity index (χ3n) is 2.66. The predicted molar refractivity (Wildman–Crippen MR) is 68.9 cm³/mol. The number of hydrogen-bond acceptors (Lipinski definition) is 3. The molecule has 0 saturated carbocycles. The van der Waals surface area contributed by atoms with E-state index in [2.05, 4.69) is 0 Å². The zero-order valence-corrected chi connectivity index (χ0v) is 10.7. The number of halogens is 1. The van der Waals surface area contributed by atoms with Gasteiger partial charge in [-0.05, 0) is 31.2 Å². The molecular weight excluding hydrogens is 235 g/mol. The first kappa shape index (κ1) is 14.6. The third kappa shape index (κ3) is 4.09. The predicted octanol–water partition coefficient (Wildman–Crippen LogP) is 1.54. The second-order valence-corrected chi connectivity index (χ2v) is 3.95. The average molecular weight is 254 g/mol. The van der Waals surface area contributed by atoms with E-state index in [0.29, 0.717) is 18.8 Å². The Bertz CT molecular complexity index is 381. The molecule has 1 amide bonds. The van der Waals surface area contributed by atoms with Crippen molar-refractivity contribution in [2.45, 2.75) is 19.4 Å². The highest BCUT2D eigenvalue weighted by atomic mass is 19.1. The summed E-state index contributed by atoms with van der Waals surface area (Å²) in [6, 6.07) is 5.76. The normalized spacial score (nSPS) is 12.2. The largest absolute Gasteiger partial charge is 0.377 e. The molecule has 0 spiro atoms. The summed E-state index contributed by atoms with van der Waals surface area (Å²) in [4.78, 5) is 13.4. The van der Waals surface area contributed by atoms with Crippen LogP contribution in [-0.4, -0.2) is 32.2 Å². The van der Waals surface area contributed by atoms with Crippen molar-refractivity contribution in [3.63, 3.8) is 0 Å². The number of rotatable bonds is 6. The highest BCUT2D eigenvalue weighted by Crippen LogP contribution is 2.14. The van der Waals surface area contributed by atoms with Gasteiger partial charge >= 0.3 is 0 Å². The van der Waals surface area contributed by atoms with Gasteiger partial charge < -0.3 is 15.4 Å². The van der Waals surface area contributed by atoms with Gasteiger partial charge in [-0.2, -0.15) is 0 Å². The van der Waals surface area contributed by atoms with Gasteiger partial charge in [0.2, 0.25) is 5.91 Å². The number of ether oxygens (including phenoxy) is 1. The number of amides is 1. The fourth-order valence-electron chi connectivity index (χ4n) is 1.59. The van der Waals surface area contributed by atoms with E-state index in [1.807, 2.05) is 6.92 Å². The van der Waals surface area contributed by atoms with Gasteiger partial charge in [-0.3, -0.25) is 4.79 Å². The summed E-state index contributed by atoms with van der Waals surface area (Å²) < 4.78 is 18.1. The van der Waals surface area contributed by atoms with E-state index in [-0.39, 0.29) is 24.2 Å². The van der Waals surface area contributed by atoms with E-state index in [1.165, 1.54) is 17.0 Å². The second-order valence-electron chi connectivity index (χ2n) is 3.95. The molecule has 0 aliphatic carbocycles. The van der Waals surface area contributed by atoms with E-state index < -0.39 is 0 Å². The van der Waals surface area contributed by atoms with Crippen molar-refractivity contribution in [3.8, 4) is 0 Å². The van der Waals surface area contributed by atoms with Crippen LogP contribution >= 0.6 is 0 Å². The number of carbonyl (C=O) groups excluding carboxylic acids is 1. The molecular formula is C13H19FN2O2. The summed E-state index contributed by atoms with van der Waals surface area (Å²) in [7, 11) is 1.65. The third-order valence-corrected chi connectivity index (χ3v) is 2.66. The molecule has 0 aliphatic rings. The van der Waals surface area contributed by atoms with Crippen LogP contribution in [0.4, 0.5) is 10.1 Å². The average Bonchev–Trinajstić information content (AvgIpc) is 2.38. The standard InChI is InChI=1S/C13H19FN2O2/c1-3-18-12(9-15)8-13(17)16(2)11-6-4-10(14)5-7-11/h4-7,12H,3,8-9,15H2,1-2H3. The Labute approximate surface area is 107 Å². The van der Waals surface area contributed by atoms with Crippen LogP contribution in [0.2, 0.25) is 0 Å². The maximum absolute atomic E-state index is 12.8. The van der Waals surface area contributed by atoms with Crippen LogP contribution in [0, 0.1) is 5.82 Å².